The lowest BCUT2D eigenvalue weighted by atomic mass is 10.1. The van der Waals surface area contributed by atoms with Crippen LogP contribution in [0.1, 0.15) is 29.5 Å². The largest absolute Gasteiger partial charge is 0.494 e. The molecule has 6 heteroatoms. The first-order valence-electron chi connectivity index (χ1n) is 9.21. The van der Waals surface area contributed by atoms with Crippen LogP contribution in [0.15, 0.2) is 53.1 Å². The zero-order valence-corrected chi connectivity index (χ0v) is 16.3. The number of amides is 1. The maximum atomic E-state index is 12.2. The lowest BCUT2D eigenvalue weighted by Crippen LogP contribution is -2.14. The smallest absolute Gasteiger partial charge is 0.228 e. The number of hydrogen-bond acceptors (Lipinski definition) is 5. The van der Waals surface area contributed by atoms with Crippen molar-refractivity contribution < 1.29 is 18.8 Å². The summed E-state index contributed by atoms with van der Waals surface area (Å²) < 4.78 is 16.3. The molecule has 2 aromatic carbocycles. The van der Waals surface area contributed by atoms with E-state index < -0.39 is 0 Å². The van der Waals surface area contributed by atoms with Gasteiger partial charge in [-0.3, -0.25) is 4.79 Å². The van der Waals surface area contributed by atoms with E-state index in [0.717, 1.165) is 39.8 Å². The van der Waals surface area contributed by atoms with Gasteiger partial charge in [0.25, 0.3) is 0 Å². The fraction of sp³-hybridized carbons (Fsp3) is 0.273. The van der Waals surface area contributed by atoms with Crippen LogP contribution in [0.5, 0.6) is 11.5 Å². The van der Waals surface area contributed by atoms with Gasteiger partial charge in [0.05, 0.1) is 24.3 Å². The van der Waals surface area contributed by atoms with Crippen molar-refractivity contribution in [2.75, 3.05) is 11.9 Å². The normalized spacial score (nSPS) is 10.5. The molecule has 0 aliphatic carbocycles. The first kappa shape index (κ1) is 19.5. The first-order chi connectivity index (χ1) is 13.5. The van der Waals surface area contributed by atoms with Gasteiger partial charge in [-0.2, -0.15) is 0 Å². The van der Waals surface area contributed by atoms with Crippen molar-refractivity contribution in [3.63, 3.8) is 0 Å². The van der Waals surface area contributed by atoms with Crippen molar-refractivity contribution in [2.45, 2.75) is 33.8 Å². The Morgan fingerprint density at radius 3 is 2.25 bits per heavy atom. The van der Waals surface area contributed by atoms with Crippen LogP contribution in [-0.2, 0) is 17.8 Å². The quantitative estimate of drug-likeness (QED) is 0.625. The third-order valence-electron chi connectivity index (χ3n) is 4.30. The van der Waals surface area contributed by atoms with E-state index in [0.29, 0.717) is 13.2 Å². The summed E-state index contributed by atoms with van der Waals surface area (Å²) in [5.74, 6) is 2.21. The maximum absolute atomic E-state index is 12.2. The lowest BCUT2D eigenvalue weighted by molar-refractivity contribution is -0.115. The van der Waals surface area contributed by atoms with Crippen molar-refractivity contribution in [3.8, 4) is 11.5 Å². The maximum Gasteiger partial charge on any atom is 0.228 e. The van der Waals surface area contributed by atoms with Crippen molar-refractivity contribution >= 4 is 11.6 Å². The van der Waals surface area contributed by atoms with Crippen LogP contribution >= 0.6 is 0 Å². The standard InChI is InChI=1S/C22H24N2O4/c1-4-26-19-11-7-18(8-12-19)23-22(25)13-17-5-9-20(10-6-17)27-14-21-15(2)24-28-16(21)3/h5-12H,4,13-14H2,1-3H3,(H,23,25). The second-order valence-corrected chi connectivity index (χ2v) is 6.42. The third-order valence-corrected chi connectivity index (χ3v) is 4.30. The third kappa shape index (κ3) is 5.13. The molecule has 0 bridgehead atoms. The summed E-state index contributed by atoms with van der Waals surface area (Å²) in [6.45, 7) is 6.71. The number of hydrogen-bond donors (Lipinski definition) is 1. The molecule has 0 aliphatic heterocycles. The molecule has 146 valence electrons. The minimum atomic E-state index is -0.0754. The van der Waals surface area contributed by atoms with E-state index in [1.54, 1.807) is 0 Å². The van der Waals surface area contributed by atoms with Gasteiger partial charge in [-0.1, -0.05) is 17.3 Å². The van der Waals surface area contributed by atoms with E-state index in [9.17, 15) is 4.79 Å². The van der Waals surface area contributed by atoms with Gasteiger partial charge in [0, 0.05) is 5.69 Å². The van der Waals surface area contributed by atoms with Gasteiger partial charge in [0.1, 0.15) is 23.9 Å². The van der Waals surface area contributed by atoms with Gasteiger partial charge in [0.2, 0.25) is 5.91 Å². The number of aryl methyl sites for hydroxylation is 2. The summed E-state index contributed by atoms with van der Waals surface area (Å²) in [6.07, 6.45) is 0.289. The Morgan fingerprint density at radius 2 is 1.64 bits per heavy atom. The van der Waals surface area contributed by atoms with E-state index in [2.05, 4.69) is 10.5 Å². The summed E-state index contributed by atoms with van der Waals surface area (Å²) in [5, 5.41) is 6.80. The number of nitrogens with zero attached hydrogens (tertiary/aromatic N) is 1. The van der Waals surface area contributed by atoms with Crippen molar-refractivity contribution in [2.24, 2.45) is 0 Å². The Morgan fingerprint density at radius 1 is 1.00 bits per heavy atom. The van der Waals surface area contributed by atoms with Gasteiger partial charge in [-0.15, -0.1) is 0 Å². The second-order valence-electron chi connectivity index (χ2n) is 6.42. The Kier molecular flexibility index (Phi) is 6.32. The number of benzene rings is 2. The molecule has 0 fully saturated rings. The van der Waals surface area contributed by atoms with Gasteiger partial charge < -0.3 is 19.3 Å². The van der Waals surface area contributed by atoms with Crippen LogP contribution in [0, 0.1) is 13.8 Å². The molecule has 0 unspecified atom stereocenters. The van der Waals surface area contributed by atoms with E-state index in [1.165, 1.54) is 0 Å². The summed E-state index contributed by atoms with van der Waals surface area (Å²) in [5.41, 5.74) is 3.44. The molecule has 28 heavy (non-hydrogen) atoms. The number of aromatic nitrogens is 1. The Balaban J connectivity index is 1.51. The van der Waals surface area contributed by atoms with Crippen LogP contribution in [0.4, 0.5) is 5.69 Å². The monoisotopic (exact) mass is 380 g/mol. The van der Waals surface area contributed by atoms with E-state index >= 15 is 0 Å². The predicted molar refractivity (Wildman–Crippen MR) is 107 cm³/mol. The minimum Gasteiger partial charge on any atom is -0.494 e. The Hall–Kier alpha value is -3.28. The highest BCUT2D eigenvalue weighted by Crippen LogP contribution is 2.19. The highest BCUT2D eigenvalue weighted by atomic mass is 16.5. The average Bonchev–Trinajstić information content (AvgIpc) is 3.01. The summed E-state index contributed by atoms with van der Waals surface area (Å²) in [6, 6.07) is 14.8. The molecule has 1 heterocycles. The fourth-order valence-electron chi connectivity index (χ4n) is 2.76. The molecule has 0 aliphatic rings. The van der Waals surface area contributed by atoms with Crippen LogP contribution in [0.2, 0.25) is 0 Å². The molecule has 0 spiro atoms. The molecule has 0 saturated carbocycles. The zero-order valence-electron chi connectivity index (χ0n) is 16.3. The average molecular weight is 380 g/mol. The number of anilines is 1. The van der Waals surface area contributed by atoms with Gasteiger partial charge >= 0.3 is 0 Å². The molecule has 1 amide bonds. The molecule has 1 aromatic heterocycles. The van der Waals surface area contributed by atoms with Crippen LogP contribution in [0.3, 0.4) is 0 Å². The highest BCUT2D eigenvalue weighted by Gasteiger charge is 2.10. The molecule has 0 atom stereocenters. The first-order valence-corrected chi connectivity index (χ1v) is 9.21. The number of carbonyl (C=O) groups is 1. The van der Waals surface area contributed by atoms with E-state index in [-0.39, 0.29) is 12.3 Å². The van der Waals surface area contributed by atoms with E-state index in [1.807, 2.05) is 69.3 Å². The predicted octanol–water partition coefficient (Wildman–Crippen LogP) is 4.45. The van der Waals surface area contributed by atoms with Crippen molar-refractivity contribution in [1.82, 2.24) is 5.16 Å². The van der Waals surface area contributed by atoms with Crippen molar-refractivity contribution in [1.29, 1.82) is 0 Å². The summed E-state index contributed by atoms with van der Waals surface area (Å²) in [4.78, 5) is 12.2. The Labute approximate surface area is 164 Å². The zero-order chi connectivity index (χ0) is 19.9. The van der Waals surface area contributed by atoms with Crippen LogP contribution < -0.4 is 14.8 Å². The highest BCUT2D eigenvalue weighted by molar-refractivity contribution is 5.92. The molecule has 3 aromatic rings. The van der Waals surface area contributed by atoms with Gasteiger partial charge in [-0.25, -0.2) is 0 Å². The molecule has 0 saturated heterocycles. The van der Waals surface area contributed by atoms with Crippen LogP contribution in [-0.4, -0.2) is 17.7 Å². The molecule has 1 N–H and O–H groups in total. The molecular formula is C22H24N2O4. The molecular weight excluding hydrogens is 356 g/mol. The SMILES string of the molecule is CCOc1ccc(NC(=O)Cc2ccc(OCc3c(C)noc3C)cc2)cc1. The number of ether oxygens (including phenoxy) is 2. The number of carbonyl (C=O) groups excluding carboxylic acids is 1. The number of rotatable bonds is 8. The molecule has 0 radical (unpaired) electrons. The Bertz CT molecular complexity index is 895. The second kappa shape index (κ2) is 9.08. The number of nitrogens with one attached hydrogen (secondary N) is 1. The summed E-state index contributed by atoms with van der Waals surface area (Å²) in [7, 11) is 0. The molecule has 6 nitrogen and oxygen atoms in total. The lowest BCUT2D eigenvalue weighted by Gasteiger charge is -2.09. The summed E-state index contributed by atoms with van der Waals surface area (Å²) >= 11 is 0. The minimum absolute atomic E-state index is 0.0754. The van der Waals surface area contributed by atoms with E-state index in [4.69, 9.17) is 14.0 Å². The topological polar surface area (TPSA) is 73.6 Å². The van der Waals surface area contributed by atoms with Crippen LogP contribution in [0.25, 0.3) is 0 Å². The van der Waals surface area contributed by atoms with Gasteiger partial charge in [0.15, 0.2) is 0 Å². The van der Waals surface area contributed by atoms with Gasteiger partial charge in [-0.05, 0) is 62.7 Å². The fourth-order valence-corrected chi connectivity index (χ4v) is 2.76. The van der Waals surface area contributed by atoms with Crippen molar-refractivity contribution in [3.05, 3.63) is 71.1 Å². The molecule has 3 rings (SSSR count).